The molecule has 0 unspecified atom stereocenters. The van der Waals surface area contributed by atoms with Crippen LogP contribution in [0.5, 0.6) is 0 Å². The summed E-state index contributed by atoms with van der Waals surface area (Å²) in [5.41, 5.74) is 0. The molecule has 0 aliphatic rings. The van der Waals surface area contributed by atoms with Gasteiger partial charge in [-0.1, -0.05) is 109 Å². The Balaban J connectivity index is -0.000000153. The molecule has 0 fully saturated rings. The van der Waals surface area contributed by atoms with Crippen LogP contribution in [0.2, 0.25) is 0 Å². The monoisotopic (exact) mass is 490 g/mol. The number of unbranched alkanes of at least 4 members (excludes halogenated alkanes) is 12. The SMILES string of the molecule is C=CCO.C=CCO.CC(C)CCCCCCCCCCCCCC[C-]=O.C[CH-]C.[O]=[Ti+2]. The van der Waals surface area contributed by atoms with Gasteiger partial charge >= 0.3 is 23.7 Å². The summed E-state index contributed by atoms with van der Waals surface area (Å²) in [6.07, 6.45) is 25.2. The van der Waals surface area contributed by atoms with Crippen molar-refractivity contribution in [1.82, 2.24) is 0 Å². The van der Waals surface area contributed by atoms with Crippen LogP contribution in [0.1, 0.15) is 118 Å². The van der Waals surface area contributed by atoms with Gasteiger partial charge in [-0.3, -0.25) is 6.29 Å². The number of hydrogen-bond acceptors (Lipinski definition) is 4. The number of rotatable bonds is 17. The molecular formula is C27H54O4Ti. The van der Waals surface area contributed by atoms with E-state index in [2.05, 4.69) is 27.0 Å². The van der Waals surface area contributed by atoms with Gasteiger partial charge in [0.25, 0.3) is 0 Å². The van der Waals surface area contributed by atoms with Gasteiger partial charge in [-0.05, 0) is 5.92 Å². The zero-order valence-electron chi connectivity index (χ0n) is 21.7. The van der Waals surface area contributed by atoms with E-state index in [4.69, 9.17) is 13.5 Å². The molecule has 0 aromatic rings. The average molecular weight is 491 g/mol. The van der Waals surface area contributed by atoms with Crippen LogP contribution in [0, 0.1) is 12.3 Å². The molecule has 0 rings (SSSR count). The zero-order chi connectivity index (χ0) is 25.7. The normalized spacial score (nSPS) is 8.91. The molecule has 0 spiro atoms. The third-order valence-electron chi connectivity index (χ3n) is 4.07. The summed E-state index contributed by atoms with van der Waals surface area (Å²) in [6.45, 7) is 15.3. The maximum atomic E-state index is 10.0. The first-order valence-corrected chi connectivity index (χ1v) is 12.9. The summed E-state index contributed by atoms with van der Waals surface area (Å²) in [6, 6.07) is 0. The second kappa shape index (κ2) is 52.5. The quantitative estimate of drug-likeness (QED) is 0.0950. The molecule has 0 atom stereocenters. The van der Waals surface area contributed by atoms with E-state index in [-0.39, 0.29) is 13.2 Å². The van der Waals surface area contributed by atoms with Crippen LogP contribution in [-0.4, -0.2) is 29.7 Å². The van der Waals surface area contributed by atoms with E-state index < -0.39 is 0 Å². The van der Waals surface area contributed by atoms with E-state index in [1.807, 2.05) is 26.6 Å². The molecule has 0 aromatic carbocycles. The van der Waals surface area contributed by atoms with Gasteiger partial charge in [-0.2, -0.15) is 20.3 Å². The standard InChI is InChI=1S/C18H35O.2C3H6O.C3H7.O.Ti/c1-18(2)16-14-12-10-8-6-4-3-5-7-9-11-13-15-17-19;2*1-2-3-4;1-3-2;;/h18H,3-16H2,1-2H3;2*2,4H,1,3H2;3H,1-2H3;;/q-1;;;-1;;+2. The molecule has 190 valence electrons. The minimum absolute atomic E-state index is 0.0833. The van der Waals surface area contributed by atoms with Gasteiger partial charge in [-0.25, -0.2) is 0 Å². The molecule has 0 heterocycles. The second-order valence-corrected chi connectivity index (χ2v) is 7.84. The van der Waals surface area contributed by atoms with Crippen molar-refractivity contribution in [2.45, 2.75) is 118 Å². The minimum atomic E-state index is 0.0833. The Labute approximate surface area is 213 Å². The number of aliphatic hydroxyl groups is 2. The summed E-state index contributed by atoms with van der Waals surface area (Å²) in [5, 5.41) is 15.5. The number of carbonyl (C=O) groups excluding carboxylic acids is 1. The summed E-state index contributed by atoms with van der Waals surface area (Å²) in [7, 11) is 0. The van der Waals surface area contributed by atoms with Gasteiger partial charge in [-0.15, -0.1) is 13.2 Å². The fourth-order valence-corrected chi connectivity index (χ4v) is 2.52. The summed E-state index contributed by atoms with van der Waals surface area (Å²) in [5.74, 6) is 0.879. The summed E-state index contributed by atoms with van der Waals surface area (Å²) in [4.78, 5) is 10.0. The third-order valence-corrected chi connectivity index (χ3v) is 4.07. The van der Waals surface area contributed by atoms with Crippen molar-refractivity contribution in [3.8, 4) is 0 Å². The molecule has 0 saturated heterocycles. The second-order valence-electron chi connectivity index (χ2n) is 7.84. The molecule has 5 heteroatoms. The van der Waals surface area contributed by atoms with Crippen molar-refractivity contribution >= 4 is 6.29 Å². The van der Waals surface area contributed by atoms with Crippen molar-refractivity contribution in [2.75, 3.05) is 13.2 Å². The van der Waals surface area contributed by atoms with Crippen molar-refractivity contribution in [3.63, 3.8) is 0 Å². The van der Waals surface area contributed by atoms with Crippen LogP contribution in [-0.2, 0) is 28.5 Å². The predicted molar refractivity (Wildman–Crippen MR) is 136 cm³/mol. The van der Waals surface area contributed by atoms with E-state index in [0.29, 0.717) is 6.42 Å². The van der Waals surface area contributed by atoms with Gasteiger partial charge in [0.1, 0.15) is 0 Å². The Morgan fingerprint density at radius 2 is 1.00 bits per heavy atom. The van der Waals surface area contributed by atoms with Gasteiger partial charge in [0.2, 0.25) is 0 Å². The van der Waals surface area contributed by atoms with E-state index >= 15 is 0 Å². The fraction of sp³-hybridized carbons (Fsp3) is 0.778. The number of hydrogen-bond donors (Lipinski definition) is 2. The first kappa shape index (κ1) is 41.8. The van der Waals surface area contributed by atoms with Crippen molar-refractivity contribution in [2.24, 2.45) is 5.92 Å². The van der Waals surface area contributed by atoms with Gasteiger partial charge < -0.3 is 21.4 Å². The first-order chi connectivity index (χ1) is 15.5. The van der Waals surface area contributed by atoms with Crippen LogP contribution in [0.3, 0.4) is 0 Å². The van der Waals surface area contributed by atoms with E-state index in [1.54, 1.807) is 0 Å². The molecule has 2 N–H and O–H groups in total. The molecule has 0 radical (unpaired) electrons. The van der Waals surface area contributed by atoms with E-state index in [1.165, 1.54) is 89.2 Å². The molecular weight excluding hydrogens is 436 g/mol. The van der Waals surface area contributed by atoms with Crippen LogP contribution < -0.4 is 0 Å². The van der Waals surface area contributed by atoms with Crippen molar-refractivity contribution in [1.29, 1.82) is 0 Å². The maximum absolute atomic E-state index is 10.0. The zero-order valence-corrected chi connectivity index (χ0v) is 23.3. The first-order valence-electron chi connectivity index (χ1n) is 12.2. The van der Waals surface area contributed by atoms with Crippen LogP contribution in [0.4, 0.5) is 0 Å². The Kier molecular flexibility index (Phi) is 68.6. The third kappa shape index (κ3) is 78.2. The Morgan fingerprint density at radius 3 is 1.22 bits per heavy atom. The molecule has 0 aromatic heterocycles. The average Bonchev–Trinajstić information content (AvgIpc) is 2.81. The number of aliphatic hydroxyl groups excluding tert-OH is 2. The fourth-order valence-electron chi connectivity index (χ4n) is 2.52. The van der Waals surface area contributed by atoms with Crippen molar-refractivity contribution < 1.29 is 38.7 Å². The Hall–Kier alpha value is -0.416. The molecule has 0 aliphatic carbocycles. The molecule has 4 nitrogen and oxygen atoms in total. The Morgan fingerprint density at radius 1 is 0.750 bits per heavy atom. The van der Waals surface area contributed by atoms with Gasteiger partial charge in [0.15, 0.2) is 0 Å². The predicted octanol–water partition coefficient (Wildman–Crippen LogP) is 7.65. The van der Waals surface area contributed by atoms with E-state index in [9.17, 15) is 4.79 Å². The van der Waals surface area contributed by atoms with Crippen LogP contribution in [0.25, 0.3) is 0 Å². The molecule has 0 saturated carbocycles. The molecule has 0 bridgehead atoms. The van der Waals surface area contributed by atoms with Crippen LogP contribution in [0.15, 0.2) is 25.3 Å². The van der Waals surface area contributed by atoms with Gasteiger partial charge in [0, 0.05) is 0 Å². The topological polar surface area (TPSA) is 74.6 Å². The molecule has 0 aliphatic heterocycles. The van der Waals surface area contributed by atoms with Gasteiger partial charge in [0.05, 0.1) is 13.2 Å². The Bertz CT molecular complexity index is 302. The summed E-state index contributed by atoms with van der Waals surface area (Å²) >= 11 is 0.750. The van der Waals surface area contributed by atoms with E-state index in [0.717, 1.165) is 32.7 Å². The van der Waals surface area contributed by atoms with Crippen LogP contribution >= 0.6 is 0 Å². The van der Waals surface area contributed by atoms with Crippen molar-refractivity contribution in [3.05, 3.63) is 31.7 Å². The molecule has 0 amide bonds. The summed E-state index contributed by atoms with van der Waals surface area (Å²) < 4.78 is 8.25. The molecule has 32 heavy (non-hydrogen) atoms.